The third-order valence-electron chi connectivity index (χ3n) is 4.68. The number of hydrogen-bond acceptors (Lipinski definition) is 4. The van der Waals surface area contributed by atoms with Gasteiger partial charge in [0.05, 0.1) is 5.69 Å². The lowest BCUT2D eigenvalue weighted by atomic mass is 10.1. The molecular weight excluding hydrogens is 339 g/mol. The van der Waals surface area contributed by atoms with Crippen molar-refractivity contribution in [2.75, 3.05) is 24.8 Å². The van der Waals surface area contributed by atoms with Crippen LogP contribution in [0.1, 0.15) is 17.3 Å². The Morgan fingerprint density at radius 3 is 2.69 bits per heavy atom. The van der Waals surface area contributed by atoms with Gasteiger partial charge >= 0.3 is 0 Å². The Morgan fingerprint density at radius 2 is 1.88 bits per heavy atom. The summed E-state index contributed by atoms with van der Waals surface area (Å²) in [6, 6.07) is 10.4. The van der Waals surface area contributed by atoms with Crippen LogP contribution in [0.5, 0.6) is 11.5 Å². The van der Waals surface area contributed by atoms with Crippen LogP contribution in [-0.2, 0) is 4.79 Å². The Hall–Kier alpha value is -3.09. The highest BCUT2D eigenvalue weighted by molar-refractivity contribution is 6.03. The van der Waals surface area contributed by atoms with E-state index in [9.17, 15) is 14.0 Å². The molecule has 2 heterocycles. The molecule has 2 aromatic rings. The summed E-state index contributed by atoms with van der Waals surface area (Å²) < 4.78 is 24.6. The minimum atomic E-state index is -0.693. The fourth-order valence-electron chi connectivity index (χ4n) is 3.25. The zero-order chi connectivity index (χ0) is 18.3. The van der Waals surface area contributed by atoms with Gasteiger partial charge in [-0.15, -0.1) is 0 Å². The fraction of sp³-hybridized carbons (Fsp3) is 0.263. The number of carbonyl (C=O) groups excluding carboxylic acids is 2. The number of anilines is 1. The average Bonchev–Trinajstić information content (AvgIpc) is 3.12. The van der Waals surface area contributed by atoms with Crippen molar-refractivity contribution in [2.24, 2.45) is 0 Å². The molecule has 0 spiro atoms. The van der Waals surface area contributed by atoms with E-state index in [1.165, 1.54) is 15.9 Å². The van der Waals surface area contributed by atoms with Crippen molar-refractivity contribution in [3.8, 4) is 11.5 Å². The third kappa shape index (κ3) is 2.65. The van der Waals surface area contributed by atoms with Crippen LogP contribution in [0.2, 0.25) is 0 Å². The average molecular weight is 356 g/mol. The maximum atomic E-state index is 14.0. The number of nitrogens with zero attached hydrogens (tertiary/aromatic N) is 2. The van der Waals surface area contributed by atoms with Crippen LogP contribution < -0.4 is 14.4 Å². The summed E-state index contributed by atoms with van der Waals surface area (Å²) in [5, 5.41) is 0. The van der Waals surface area contributed by atoms with Crippen molar-refractivity contribution in [3.63, 3.8) is 0 Å². The second-order valence-corrected chi connectivity index (χ2v) is 6.18. The molecule has 0 N–H and O–H groups in total. The predicted octanol–water partition coefficient (Wildman–Crippen LogP) is 2.43. The van der Waals surface area contributed by atoms with Gasteiger partial charge in [0, 0.05) is 18.7 Å². The first-order valence-corrected chi connectivity index (χ1v) is 8.33. The number of para-hydroxylation sites is 1. The highest BCUT2D eigenvalue weighted by atomic mass is 19.1. The molecule has 0 radical (unpaired) electrons. The summed E-state index contributed by atoms with van der Waals surface area (Å²) in [7, 11) is 0. The topological polar surface area (TPSA) is 59.1 Å². The summed E-state index contributed by atoms with van der Waals surface area (Å²) in [6.45, 7) is 2.33. The van der Waals surface area contributed by atoms with Gasteiger partial charge in [0.15, 0.2) is 11.5 Å². The van der Waals surface area contributed by atoms with Crippen molar-refractivity contribution in [1.29, 1.82) is 0 Å². The van der Waals surface area contributed by atoms with Gasteiger partial charge in [-0.3, -0.25) is 9.59 Å². The molecule has 26 heavy (non-hydrogen) atoms. The highest BCUT2D eigenvalue weighted by Gasteiger charge is 2.36. The second kappa shape index (κ2) is 6.33. The molecule has 6 nitrogen and oxygen atoms in total. The first-order valence-electron chi connectivity index (χ1n) is 8.33. The maximum absolute atomic E-state index is 14.0. The molecule has 2 aliphatic heterocycles. The molecule has 1 unspecified atom stereocenters. The molecule has 134 valence electrons. The van der Waals surface area contributed by atoms with Crippen molar-refractivity contribution in [1.82, 2.24) is 4.90 Å². The SMILES string of the molecule is CC1C(=O)N(c2ccccc2F)CCN1C(=O)c1ccc2c(c1)OCO2. The summed E-state index contributed by atoms with van der Waals surface area (Å²) >= 11 is 0. The quantitative estimate of drug-likeness (QED) is 0.829. The zero-order valence-electron chi connectivity index (χ0n) is 14.1. The van der Waals surface area contributed by atoms with E-state index in [2.05, 4.69) is 0 Å². The van der Waals surface area contributed by atoms with E-state index in [4.69, 9.17) is 9.47 Å². The summed E-state index contributed by atoms with van der Waals surface area (Å²) in [4.78, 5) is 28.5. The number of hydrogen-bond donors (Lipinski definition) is 0. The molecule has 0 bridgehead atoms. The van der Waals surface area contributed by atoms with Gasteiger partial charge in [-0.1, -0.05) is 12.1 Å². The lowest BCUT2D eigenvalue weighted by Gasteiger charge is -2.39. The number of rotatable bonds is 2. The second-order valence-electron chi connectivity index (χ2n) is 6.18. The van der Waals surface area contributed by atoms with E-state index in [0.717, 1.165) is 0 Å². The van der Waals surface area contributed by atoms with Gasteiger partial charge in [-0.05, 0) is 37.3 Å². The third-order valence-corrected chi connectivity index (χ3v) is 4.68. The standard InChI is InChI=1S/C19H17FN2O4/c1-12-18(23)22(15-5-3-2-4-14(15)20)9-8-21(12)19(24)13-6-7-16-17(10-13)26-11-25-16/h2-7,10,12H,8-9,11H2,1H3. The first kappa shape index (κ1) is 16.4. The van der Waals surface area contributed by atoms with Gasteiger partial charge in [0.2, 0.25) is 12.7 Å². The van der Waals surface area contributed by atoms with E-state index in [0.29, 0.717) is 23.6 Å². The van der Waals surface area contributed by atoms with Gasteiger partial charge in [0.1, 0.15) is 11.9 Å². The highest BCUT2D eigenvalue weighted by Crippen LogP contribution is 2.33. The van der Waals surface area contributed by atoms with Crippen LogP contribution in [0, 0.1) is 5.82 Å². The van der Waals surface area contributed by atoms with E-state index in [-0.39, 0.29) is 30.8 Å². The molecule has 4 rings (SSSR count). The molecule has 1 fully saturated rings. The van der Waals surface area contributed by atoms with E-state index in [1.807, 2.05) is 0 Å². The van der Waals surface area contributed by atoms with Crippen molar-refractivity contribution < 1.29 is 23.5 Å². The largest absolute Gasteiger partial charge is 0.454 e. The van der Waals surface area contributed by atoms with Crippen LogP contribution in [-0.4, -0.2) is 42.6 Å². The lowest BCUT2D eigenvalue weighted by molar-refractivity contribution is -0.124. The van der Waals surface area contributed by atoms with Gasteiger partial charge < -0.3 is 19.3 Å². The van der Waals surface area contributed by atoms with E-state index < -0.39 is 11.9 Å². The van der Waals surface area contributed by atoms with Crippen molar-refractivity contribution >= 4 is 17.5 Å². The van der Waals surface area contributed by atoms with Crippen molar-refractivity contribution in [3.05, 3.63) is 53.8 Å². The molecule has 1 saturated heterocycles. The molecule has 1 atom stereocenters. The number of benzene rings is 2. The number of amides is 2. The Morgan fingerprint density at radius 1 is 1.12 bits per heavy atom. The van der Waals surface area contributed by atoms with E-state index >= 15 is 0 Å². The van der Waals surface area contributed by atoms with Crippen LogP contribution >= 0.6 is 0 Å². The number of piperazine rings is 1. The van der Waals surface area contributed by atoms with Crippen molar-refractivity contribution in [2.45, 2.75) is 13.0 Å². The Kier molecular flexibility index (Phi) is 3.99. The number of ether oxygens (including phenoxy) is 2. The molecule has 0 aliphatic carbocycles. The first-order chi connectivity index (χ1) is 12.6. The summed E-state index contributed by atoms with van der Waals surface area (Å²) in [5.74, 6) is 0.0752. The minimum Gasteiger partial charge on any atom is -0.454 e. The molecule has 0 aromatic heterocycles. The lowest BCUT2D eigenvalue weighted by Crippen LogP contribution is -2.58. The minimum absolute atomic E-state index is 0.128. The Balaban J connectivity index is 1.55. The Bertz CT molecular complexity index is 886. The zero-order valence-corrected chi connectivity index (χ0v) is 14.1. The van der Waals surface area contributed by atoms with Crippen LogP contribution in [0.15, 0.2) is 42.5 Å². The molecule has 2 amide bonds. The number of fused-ring (bicyclic) bond motifs is 1. The summed E-state index contributed by atoms with van der Waals surface area (Å²) in [5.41, 5.74) is 0.660. The maximum Gasteiger partial charge on any atom is 0.254 e. The predicted molar refractivity (Wildman–Crippen MR) is 91.8 cm³/mol. The summed E-state index contributed by atoms with van der Waals surface area (Å²) in [6.07, 6.45) is 0. The molecule has 0 saturated carbocycles. The normalized spacial score (nSPS) is 19.0. The van der Waals surface area contributed by atoms with Gasteiger partial charge in [0.25, 0.3) is 5.91 Å². The van der Waals surface area contributed by atoms with E-state index in [1.54, 1.807) is 43.3 Å². The monoisotopic (exact) mass is 356 g/mol. The number of carbonyl (C=O) groups is 2. The van der Waals surface area contributed by atoms with Gasteiger partial charge in [-0.25, -0.2) is 4.39 Å². The van der Waals surface area contributed by atoms with Crippen LogP contribution in [0.25, 0.3) is 0 Å². The molecule has 7 heteroatoms. The fourth-order valence-corrected chi connectivity index (χ4v) is 3.25. The van der Waals surface area contributed by atoms with Crippen LogP contribution in [0.3, 0.4) is 0 Å². The molecule has 2 aliphatic rings. The Labute approximate surface area is 149 Å². The molecular formula is C19H17FN2O4. The molecule has 2 aromatic carbocycles. The number of halogens is 1. The van der Waals surface area contributed by atoms with Crippen LogP contribution in [0.4, 0.5) is 10.1 Å². The smallest absolute Gasteiger partial charge is 0.254 e. The van der Waals surface area contributed by atoms with Gasteiger partial charge in [-0.2, -0.15) is 0 Å².